The number of nitrogens with zero attached hydrogens (tertiary/aromatic N) is 2. The van der Waals surface area contributed by atoms with Crippen molar-refractivity contribution in [3.05, 3.63) is 17.7 Å². The third-order valence-electron chi connectivity index (χ3n) is 2.35. The fourth-order valence-electron chi connectivity index (χ4n) is 1.41. The number of hydrogen-bond donors (Lipinski definition) is 3. The summed E-state index contributed by atoms with van der Waals surface area (Å²) in [6.45, 7) is 3.04. The molecule has 1 aliphatic rings. The van der Waals surface area contributed by atoms with E-state index in [9.17, 15) is 4.79 Å². The smallest absolute Gasteiger partial charge is 0.248 e. The van der Waals surface area contributed by atoms with E-state index in [1.165, 1.54) is 0 Å². The number of imidazole rings is 1. The van der Waals surface area contributed by atoms with Gasteiger partial charge < -0.3 is 10.3 Å². The number of hydrogen-bond acceptors (Lipinski definition) is 5. The van der Waals surface area contributed by atoms with E-state index in [4.69, 9.17) is 0 Å². The van der Waals surface area contributed by atoms with E-state index in [0.717, 1.165) is 29.4 Å². The highest BCUT2D eigenvalue weighted by Crippen LogP contribution is 2.11. The maximum absolute atomic E-state index is 10.9. The summed E-state index contributed by atoms with van der Waals surface area (Å²) in [7, 11) is 0. The molecule has 0 aromatic carbocycles. The number of aryl methyl sites for hydroxylation is 1. The lowest BCUT2D eigenvalue weighted by molar-refractivity contribution is -0.117. The van der Waals surface area contributed by atoms with Crippen LogP contribution < -0.4 is 10.6 Å². The molecule has 0 saturated carbocycles. The molecule has 0 saturated heterocycles. The Kier molecular flexibility index (Phi) is 4.03. The minimum Gasteiger partial charge on any atom is -0.355 e. The Balaban J connectivity index is 1.58. The van der Waals surface area contributed by atoms with E-state index in [1.807, 2.05) is 6.92 Å². The van der Waals surface area contributed by atoms with Crippen LogP contribution in [0.3, 0.4) is 0 Å². The molecule has 1 aliphatic heterocycles. The van der Waals surface area contributed by atoms with E-state index in [0.29, 0.717) is 5.96 Å². The number of aromatic nitrogens is 2. The monoisotopic (exact) mass is 253 g/mol. The molecule has 6 nitrogen and oxygen atoms in total. The average Bonchev–Trinajstić information content (AvgIpc) is 2.88. The van der Waals surface area contributed by atoms with Gasteiger partial charge in [-0.2, -0.15) is 11.8 Å². The highest BCUT2D eigenvalue weighted by molar-refractivity contribution is 7.98. The van der Waals surface area contributed by atoms with Crippen LogP contribution in [0.4, 0.5) is 0 Å². The Hall–Kier alpha value is -1.50. The van der Waals surface area contributed by atoms with Gasteiger partial charge in [-0.05, 0) is 6.92 Å². The van der Waals surface area contributed by atoms with Crippen LogP contribution in [0.15, 0.2) is 11.3 Å². The zero-order valence-electron chi connectivity index (χ0n) is 9.62. The third-order valence-corrected chi connectivity index (χ3v) is 3.32. The molecule has 17 heavy (non-hydrogen) atoms. The van der Waals surface area contributed by atoms with Crippen LogP contribution in [0.25, 0.3) is 0 Å². The fourth-order valence-corrected chi connectivity index (χ4v) is 2.28. The van der Waals surface area contributed by atoms with Crippen LogP contribution in [-0.2, 0) is 10.5 Å². The predicted octanol–water partition coefficient (Wildman–Crippen LogP) is 0.0267. The molecule has 3 N–H and O–H groups in total. The van der Waals surface area contributed by atoms with Crippen LogP contribution in [0.2, 0.25) is 0 Å². The maximum atomic E-state index is 10.9. The van der Waals surface area contributed by atoms with Crippen molar-refractivity contribution in [2.75, 3.05) is 18.8 Å². The second-order valence-electron chi connectivity index (χ2n) is 3.67. The molecule has 1 amide bonds. The van der Waals surface area contributed by atoms with E-state index < -0.39 is 0 Å². The van der Waals surface area contributed by atoms with Gasteiger partial charge in [0.15, 0.2) is 5.96 Å². The highest BCUT2D eigenvalue weighted by atomic mass is 32.2. The number of rotatable bonds is 5. The number of aromatic amines is 1. The van der Waals surface area contributed by atoms with Gasteiger partial charge in [0.2, 0.25) is 5.91 Å². The average molecular weight is 253 g/mol. The molecule has 0 radical (unpaired) electrons. The van der Waals surface area contributed by atoms with Crippen LogP contribution >= 0.6 is 11.8 Å². The van der Waals surface area contributed by atoms with Crippen LogP contribution in [0.5, 0.6) is 0 Å². The van der Waals surface area contributed by atoms with Gasteiger partial charge in [-0.15, -0.1) is 0 Å². The summed E-state index contributed by atoms with van der Waals surface area (Å²) < 4.78 is 0. The van der Waals surface area contributed by atoms with Gasteiger partial charge in [0.25, 0.3) is 0 Å². The van der Waals surface area contributed by atoms with E-state index >= 15 is 0 Å². The summed E-state index contributed by atoms with van der Waals surface area (Å²) in [5.41, 5.74) is 2.22. The first kappa shape index (κ1) is 12.0. The standard InChI is InChI=1S/C10H15N5OS/c1-7-8(14-6-13-7)5-17-3-2-11-10-12-4-9(16)15-10/h6H,2-5H2,1H3,(H,13,14)(H2,11,12,15,16). The molecular weight excluding hydrogens is 238 g/mol. The molecule has 0 aliphatic carbocycles. The molecule has 2 heterocycles. The molecule has 0 unspecified atom stereocenters. The number of guanidine groups is 1. The summed E-state index contributed by atoms with van der Waals surface area (Å²) in [5, 5.41) is 5.72. The van der Waals surface area contributed by atoms with Crippen molar-refractivity contribution in [1.82, 2.24) is 20.6 Å². The first-order valence-electron chi connectivity index (χ1n) is 5.40. The number of aliphatic imine (C=N–C) groups is 1. The van der Waals surface area contributed by atoms with Crippen LogP contribution in [0.1, 0.15) is 11.4 Å². The second-order valence-corrected chi connectivity index (χ2v) is 4.77. The molecule has 2 rings (SSSR count). The van der Waals surface area contributed by atoms with E-state index in [2.05, 4.69) is 25.6 Å². The normalized spacial score (nSPS) is 14.6. The van der Waals surface area contributed by atoms with Crippen molar-refractivity contribution in [2.45, 2.75) is 12.7 Å². The lowest BCUT2D eigenvalue weighted by Gasteiger charge is -2.05. The Morgan fingerprint density at radius 2 is 2.47 bits per heavy atom. The number of H-pyrrole nitrogens is 1. The Morgan fingerprint density at radius 3 is 3.12 bits per heavy atom. The maximum Gasteiger partial charge on any atom is 0.248 e. The minimum absolute atomic E-state index is 0.0488. The van der Waals surface area contributed by atoms with Gasteiger partial charge in [0, 0.05) is 23.7 Å². The van der Waals surface area contributed by atoms with Gasteiger partial charge in [0.1, 0.15) is 6.54 Å². The zero-order chi connectivity index (χ0) is 12.1. The molecular formula is C10H15N5OS. The van der Waals surface area contributed by atoms with Crippen LogP contribution in [-0.4, -0.2) is 40.7 Å². The summed E-state index contributed by atoms with van der Waals surface area (Å²) in [5.74, 6) is 2.38. The largest absolute Gasteiger partial charge is 0.355 e. The Morgan fingerprint density at radius 1 is 1.59 bits per heavy atom. The van der Waals surface area contributed by atoms with Crippen LogP contribution in [0, 0.1) is 6.92 Å². The predicted molar refractivity (Wildman–Crippen MR) is 67.9 cm³/mol. The number of carbonyl (C=O) groups excluding carboxylic acids is 1. The molecule has 92 valence electrons. The van der Waals surface area contributed by atoms with Gasteiger partial charge in [-0.25, -0.2) is 9.98 Å². The van der Waals surface area contributed by atoms with Crippen molar-refractivity contribution in [1.29, 1.82) is 0 Å². The topological polar surface area (TPSA) is 82.2 Å². The summed E-state index contributed by atoms with van der Waals surface area (Å²) in [4.78, 5) is 22.1. The molecule has 1 aromatic heterocycles. The van der Waals surface area contributed by atoms with Gasteiger partial charge in [-0.3, -0.25) is 10.1 Å². The SMILES string of the molecule is Cc1[nH]cnc1CSCCNC1=NCC(=O)N1. The molecule has 1 aromatic rings. The van der Waals surface area contributed by atoms with Crippen molar-refractivity contribution in [3.63, 3.8) is 0 Å². The van der Waals surface area contributed by atoms with Gasteiger partial charge in [-0.1, -0.05) is 0 Å². The number of nitrogens with one attached hydrogen (secondary N) is 3. The summed E-state index contributed by atoms with van der Waals surface area (Å²) in [6.07, 6.45) is 1.71. The van der Waals surface area contributed by atoms with E-state index in [1.54, 1.807) is 18.1 Å². The lowest BCUT2D eigenvalue weighted by Crippen LogP contribution is -2.37. The zero-order valence-corrected chi connectivity index (χ0v) is 10.4. The molecule has 0 bridgehead atoms. The molecule has 0 atom stereocenters. The minimum atomic E-state index is -0.0488. The molecule has 0 fully saturated rings. The van der Waals surface area contributed by atoms with Crippen molar-refractivity contribution < 1.29 is 4.79 Å². The first-order chi connectivity index (χ1) is 8.25. The van der Waals surface area contributed by atoms with Gasteiger partial charge in [0.05, 0.1) is 12.0 Å². The summed E-state index contributed by atoms with van der Waals surface area (Å²) >= 11 is 1.80. The van der Waals surface area contributed by atoms with Crippen molar-refractivity contribution in [2.24, 2.45) is 4.99 Å². The second kappa shape index (κ2) is 5.72. The van der Waals surface area contributed by atoms with Gasteiger partial charge >= 0.3 is 0 Å². The Bertz CT molecular complexity index is 428. The first-order valence-corrected chi connectivity index (χ1v) is 6.56. The molecule has 0 spiro atoms. The summed E-state index contributed by atoms with van der Waals surface area (Å²) in [6, 6.07) is 0. The number of amides is 1. The quantitative estimate of drug-likeness (QED) is 0.646. The number of thioether (sulfide) groups is 1. The number of carbonyl (C=O) groups is 1. The highest BCUT2D eigenvalue weighted by Gasteiger charge is 2.11. The van der Waals surface area contributed by atoms with Crippen molar-refractivity contribution in [3.8, 4) is 0 Å². The van der Waals surface area contributed by atoms with E-state index in [-0.39, 0.29) is 12.5 Å². The molecule has 7 heteroatoms. The lowest BCUT2D eigenvalue weighted by atomic mass is 10.4. The fraction of sp³-hybridized carbons (Fsp3) is 0.500. The van der Waals surface area contributed by atoms with Crippen molar-refractivity contribution >= 4 is 23.6 Å². The Labute approximate surface area is 104 Å². The third kappa shape index (κ3) is 3.48.